The van der Waals surface area contributed by atoms with Gasteiger partial charge in [0.1, 0.15) is 0 Å². The van der Waals surface area contributed by atoms with Gasteiger partial charge in [-0.25, -0.2) is 8.42 Å². The van der Waals surface area contributed by atoms with Crippen molar-refractivity contribution in [3.63, 3.8) is 0 Å². The third-order valence-electron chi connectivity index (χ3n) is 5.17. The van der Waals surface area contributed by atoms with Crippen LogP contribution in [-0.2, 0) is 10.0 Å². The minimum absolute atomic E-state index is 0.433. The molecule has 2 fully saturated rings. The zero-order chi connectivity index (χ0) is 17.1. The summed E-state index contributed by atoms with van der Waals surface area (Å²) in [5.41, 5.74) is 3.17. The Balaban J connectivity index is 1.72. The zero-order valence-electron chi connectivity index (χ0n) is 14.4. The predicted molar refractivity (Wildman–Crippen MR) is 95.9 cm³/mol. The lowest BCUT2D eigenvalue weighted by Gasteiger charge is -2.46. The molecule has 1 aliphatic heterocycles. The van der Waals surface area contributed by atoms with Crippen molar-refractivity contribution in [3.8, 4) is 0 Å². The van der Waals surface area contributed by atoms with Gasteiger partial charge in [0.25, 0.3) is 0 Å². The minimum Gasteiger partial charge on any atom is -0.368 e. The fourth-order valence-corrected chi connectivity index (χ4v) is 5.30. The summed E-state index contributed by atoms with van der Waals surface area (Å²) < 4.78 is 25.7. The van der Waals surface area contributed by atoms with Crippen molar-refractivity contribution < 1.29 is 8.42 Å². The fraction of sp³-hybridized carbons (Fsp3) is 0.588. The molecule has 0 unspecified atom stereocenters. The van der Waals surface area contributed by atoms with Gasteiger partial charge in [0, 0.05) is 36.2 Å². The minimum atomic E-state index is -3.19. The smallest absolute Gasteiger partial charge is 0.211 e. The molecule has 1 saturated heterocycles. The fourth-order valence-electron chi connectivity index (χ4n) is 3.93. The zero-order valence-corrected chi connectivity index (χ0v) is 15.2. The maximum Gasteiger partial charge on any atom is 0.211 e. The van der Waals surface area contributed by atoms with Crippen LogP contribution in [0.4, 0.5) is 5.69 Å². The number of nitrogens with one attached hydrogen (secondary N) is 1. The molecule has 1 aromatic heterocycles. The Morgan fingerprint density at radius 1 is 1.25 bits per heavy atom. The van der Waals surface area contributed by atoms with Gasteiger partial charge >= 0.3 is 0 Å². The number of piperazine rings is 1. The Morgan fingerprint density at radius 2 is 2.00 bits per heavy atom. The van der Waals surface area contributed by atoms with E-state index >= 15 is 0 Å². The number of benzene rings is 1. The molecule has 0 amide bonds. The van der Waals surface area contributed by atoms with Crippen LogP contribution in [0.2, 0.25) is 0 Å². The van der Waals surface area contributed by atoms with E-state index in [-0.39, 0.29) is 0 Å². The molecule has 1 N–H and O–H groups in total. The Hall–Kier alpha value is -1.60. The Labute approximate surface area is 142 Å². The molecular weight excluding hydrogens is 324 g/mol. The van der Waals surface area contributed by atoms with Gasteiger partial charge in [0.2, 0.25) is 10.0 Å². The standard InChI is InChI=1S/C17H24N4O2S/c1-17(2)11-20(6-7-21(17)24(3,22)23)16-9-13(12-4-5-12)8-15-14(16)10-18-19-15/h8-10,12H,4-7,11H2,1-3H3,(H,18,19). The van der Waals surface area contributed by atoms with Crippen molar-refractivity contribution in [3.05, 3.63) is 23.9 Å². The van der Waals surface area contributed by atoms with Gasteiger partial charge < -0.3 is 4.90 Å². The second kappa shape index (κ2) is 5.20. The number of nitrogens with zero attached hydrogens (tertiary/aromatic N) is 3. The SMILES string of the molecule is CC1(C)CN(c2cc(C3CC3)cc3[nH]ncc23)CCN1S(C)(=O)=O. The molecule has 2 aliphatic rings. The van der Waals surface area contributed by atoms with E-state index in [0.717, 1.165) is 10.9 Å². The topological polar surface area (TPSA) is 69.3 Å². The van der Waals surface area contributed by atoms with Crippen LogP contribution in [0.1, 0.15) is 38.2 Å². The number of rotatable bonds is 3. The summed E-state index contributed by atoms with van der Waals surface area (Å²) in [6, 6.07) is 4.49. The molecule has 0 radical (unpaired) electrons. The summed E-state index contributed by atoms with van der Waals surface area (Å²) in [5, 5.41) is 8.42. The number of fused-ring (bicyclic) bond motifs is 1. The average molecular weight is 348 g/mol. The normalized spacial score (nSPS) is 22.2. The maximum atomic E-state index is 12.1. The van der Waals surface area contributed by atoms with Gasteiger partial charge in [0.05, 0.1) is 18.0 Å². The molecular formula is C17H24N4O2S. The van der Waals surface area contributed by atoms with E-state index in [9.17, 15) is 8.42 Å². The van der Waals surface area contributed by atoms with Crippen LogP contribution >= 0.6 is 0 Å². The molecule has 0 spiro atoms. The van der Waals surface area contributed by atoms with Crippen LogP contribution in [0, 0.1) is 0 Å². The summed E-state index contributed by atoms with van der Waals surface area (Å²) in [5.74, 6) is 0.668. The van der Waals surface area contributed by atoms with E-state index < -0.39 is 15.6 Å². The van der Waals surface area contributed by atoms with Crippen LogP contribution in [0.25, 0.3) is 10.9 Å². The number of hydrogen-bond acceptors (Lipinski definition) is 4. The van der Waals surface area contributed by atoms with Crippen molar-refractivity contribution in [2.45, 2.75) is 38.1 Å². The first-order valence-electron chi connectivity index (χ1n) is 8.45. The largest absolute Gasteiger partial charge is 0.368 e. The summed E-state index contributed by atoms with van der Waals surface area (Å²) in [6.45, 7) is 5.88. The quantitative estimate of drug-likeness (QED) is 0.924. The molecule has 7 heteroatoms. The lowest BCUT2D eigenvalue weighted by atomic mass is 9.99. The van der Waals surface area contributed by atoms with Crippen molar-refractivity contribution >= 4 is 26.6 Å². The summed E-state index contributed by atoms with van der Waals surface area (Å²) in [6.07, 6.45) is 5.68. The third kappa shape index (κ3) is 2.69. The van der Waals surface area contributed by atoms with E-state index in [2.05, 4.69) is 27.2 Å². The number of hydrogen-bond donors (Lipinski definition) is 1. The first-order valence-corrected chi connectivity index (χ1v) is 10.3. The molecule has 0 atom stereocenters. The van der Waals surface area contributed by atoms with E-state index in [4.69, 9.17) is 0 Å². The van der Waals surface area contributed by atoms with Crippen LogP contribution in [-0.4, -0.2) is 54.3 Å². The molecule has 1 saturated carbocycles. The molecule has 2 heterocycles. The Morgan fingerprint density at radius 3 is 2.62 bits per heavy atom. The maximum absolute atomic E-state index is 12.1. The van der Waals surface area contributed by atoms with Gasteiger partial charge in [-0.3, -0.25) is 5.10 Å². The molecule has 0 bridgehead atoms. The van der Waals surface area contributed by atoms with E-state index in [1.54, 1.807) is 4.31 Å². The van der Waals surface area contributed by atoms with Crippen LogP contribution in [0.3, 0.4) is 0 Å². The predicted octanol–water partition coefficient (Wildman–Crippen LogP) is 2.30. The number of sulfonamides is 1. The number of H-pyrrole nitrogens is 1. The van der Waals surface area contributed by atoms with Gasteiger partial charge in [0.15, 0.2) is 0 Å². The highest BCUT2D eigenvalue weighted by atomic mass is 32.2. The van der Waals surface area contributed by atoms with Crippen LogP contribution in [0.15, 0.2) is 18.3 Å². The van der Waals surface area contributed by atoms with Gasteiger partial charge in [-0.1, -0.05) is 0 Å². The first kappa shape index (κ1) is 15.9. The third-order valence-corrected chi connectivity index (χ3v) is 6.65. The Kier molecular flexibility index (Phi) is 3.44. The van der Waals surface area contributed by atoms with Gasteiger partial charge in [-0.05, 0) is 50.3 Å². The highest BCUT2D eigenvalue weighted by Crippen LogP contribution is 2.43. The average Bonchev–Trinajstić information content (AvgIpc) is 3.21. The van der Waals surface area contributed by atoms with Crippen molar-refractivity contribution in [1.82, 2.24) is 14.5 Å². The summed E-state index contributed by atoms with van der Waals surface area (Å²) >= 11 is 0. The highest BCUT2D eigenvalue weighted by molar-refractivity contribution is 7.88. The highest BCUT2D eigenvalue weighted by Gasteiger charge is 2.39. The lowest BCUT2D eigenvalue weighted by Crippen LogP contribution is -2.60. The van der Waals surface area contributed by atoms with Crippen molar-refractivity contribution in [1.29, 1.82) is 0 Å². The number of aromatic nitrogens is 2. The van der Waals surface area contributed by atoms with Crippen molar-refractivity contribution in [2.75, 3.05) is 30.8 Å². The van der Waals surface area contributed by atoms with Crippen molar-refractivity contribution in [2.24, 2.45) is 0 Å². The molecule has 130 valence electrons. The molecule has 1 aliphatic carbocycles. The van der Waals surface area contributed by atoms with Crippen LogP contribution < -0.4 is 4.90 Å². The number of anilines is 1. The second-order valence-corrected chi connectivity index (χ2v) is 9.62. The monoisotopic (exact) mass is 348 g/mol. The molecule has 6 nitrogen and oxygen atoms in total. The molecule has 1 aromatic carbocycles. The van der Waals surface area contributed by atoms with Crippen LogP contribution in [0.5, 0.6) is 0 Å². The van der Waals surface area contributed by atoms with E-state index in [1.807, 2.05) is 20.0 Å². The first-order chi connectivity index (χ1) is 11.3. The molecule has 2 aromatic rings. The molecule has 24 heavy (non-hydrogen) atoms. The second-order valence-electron chi connectivity index (χ2n) is 7.71. The van der Waals surface area contributed by atoms with Gasteiger partial charge in [-0.2, -0.15) is 9.40 Å². The lowest BCUT2D eigenvalue weighted by molar-refractivity contribution is 0.206. The summed E-state index contributed by atoms with van der Waals surface area (Å²) in [4.78, 5) is 2.31. The van der Waals surface area contributed by atoms with E-state index in [1.165, 1.54) is 30.3 Å². The Bertz CT molecular complexity index is 883. The van der Waals surface area contributed by atoms with Gasteiger partial charge in [-0.15, -0.1) is 0 Å². The summed E-state index contributed by atoms with van der Waals surface area (Å²) in [7, 11) is -3.19. The number of aromatic amines is 1. The molecule has 4 rings (SSSR count). The van der Waals surface area contributed by atoms with E-state index in [0.29, 0.717) is 25.6 Å².